The number of nitrogens with zero attached hydrogens (tertiary/aromatic N) is 2. The molecule has 1 amide bonds. The van der Waals surface area contributed by atoms with Crippen LogP contribution in [-0.4, -0.2) is 23.7 Å². The number of hydrogen-bond donors (Lipinski definition) is 1. The lowest BCUT2D eigenvalue weighted by molar-refractivity contribution is -0.137. The van der Waals surface area contributed by atoms with Crippen molar-refractivity contribution in [3.63, 3.8) is 0 Å². The Kier molecular flexibility index (Phi) is 4.99. The lowest BCUT2D eigenvalue weighted by atomic mass is 10.1. The van der Waals surface area contributed by atoms with Crippen LogP contribution in [0.25, 0.3) is 0 Å². The van der Waals surface area contributed by atoms with E-state index in [1.54, 1.807) is 24.4 Å². The minimum absolute atomic E-state index is 0.0941. The fraction of sp³-hybridized carbons (Fsp3) is 0.263. The van der Waals surface area contributed by atoms with Gasteiger partial charge in [-0.15, -0.1) is 0 Å². The van der Waals surface area contributed by atoms with Gasteiger partial charge in [-0.2, -0.15) is 13.2 Å². The maximum absolute atomic E-state index is 12.8. The molecule has 4 rings (SSSR count). The monoisotopic (exact) mass is 425 g/mol. The fourth-order valence-corrected chi connectivity index (χ4v) is 3.37. The molecule has 6 nitrogen and oxygen atoms in total. The van der Waals surface area contributed by atoms with Crippen LogP contribution < -0.4 is 19.7 Å². The number of hydrogen-bond acceptors (Lipinski definition) is 5. The summed E-state index contributed by atoms with van der Waals surface area (Å²) in [7, 11) is 0. The molecule has 10 heteroatoms. The third-order valence-electron chi connectivity index (χ3n) is 4.56. The van der Waals surface area contributed by atoms with Crippen LogP contribution in [0.4, 0.5) is 19.0 Å². The predicted octanol–water partition coefficient (Wildman–Crippen LogP) is 3.89. The van der Waals surface area contributed by atoms with Gasteiger partial charge in [0.2, 0.25) is 12.7 Å². The Hall–Kier alpha value is -2.94. The molecule has 0 saturated heterocycles. The SMILES string of the molecule is O=C(NCc1ccc2c(c1)OCO2)C1CC=CN1c1ncc(C(F)(F)F)cc1Cl. The molecular formula is C19H15ClF3N3O3. The number of fused-ring (bicyclic) bond motifs is 1. The van der Waals surface area contributed by atoms with E-state index in [0.717, 1.165) is 11.6 Å². The van der Waals surface area contributed by atoms with Gasteiger partial charge in [-0.05, 0) is 30.2 Å². The summed E-state index contributed by atoms with van der Waals surface area (Å²) in [6.45, 7) is 0.419. The number of anilines is 1. The van der Waals surface area contributed by atoms with Gasteiger partial charge in [0, 0.05) is 18.9 Å². The number of alkyl halides is 3. The smallest absolute Gasteiger partial charge is 0.417 e. The van der Waals surface area contributed by atoms with Crippen LogP contribution in [0.2, 0.25) is 5.02 Å². The second kappa shape index (κ2) is 7.47. The number of ether oxygens (including phenoxy) is 2. The second-order valence-corrected chi connectivity index (χ2v) is 6.88. The van der Waals surface area contributed by atoms with Gasteiger partial charge in [0.15, 0.2) is 17.3 Å². The molecule has 29 heavy (non-hydrogen) atoms. The molecule has 1 aromatic carbocycles. The lowest BCUT2D eigenvalue weighted by Gasteiger charge is -2.25. The van der Waals surface area contributed by atoms with Crippen molar-refractivity contribution in [2.75, 3.05) is 11.7 Å². The summed E-state index contributed by atoms with van der Waals surface area (Å²) in [4.78, 5) is 18.0. The van der Waals surface area contributed by atoms with Crippen molar-refractivity contribution in [3.8, 4) is 11.5 Å². The maximum Gasteiger partial charge on any atom is 0.417 e. The summed E-state index contributed by atoms with van der Waals surface area (Å²) in [5.74, 6) is 1.05. The highest BCUT2D eigenvalue weighted by Gasteiger charge is 2.34. The molecule has 1 N–H and O–H groups in total. The van der Waals surface area contributed by atoms with Crippen molar-refractivity contribution in [2.45, 2.75) is 25.2 Å². The highest BCUT2D eigenvalue weighted by Crippen LogP contribution is 2.35. The molecule has 0 bridgehead atoms. The molecule has 2 aromatic rings. The highest BCUT2D eigenvalue weighted by atomic mass is 35.5. The van der Waals surface area contributed by atoms with Gasteiger partial charge in [0.05, 0.1) is 10.6 Å². The zero-order chi connectivity index (χ0) is 20.6. The fourth-order valence-electron chi connectivity index (χ4n) is 3.11. The van der Waals surface area contributed by atoms with E-state index in [1.807, 2.05) is 6.07 Å². The summed E-state index contributed by atoms with van der Waals surface area (Å²) in [5.41, 5.74) is -0.121. The van der Waals surface area contributed by atoms with Crippen molar-refractivity contribution in [3.05, 3.63) is 58.9 Å². The van der Waals surface area contributed by atoms with E-state index in [2.05, 4.69) is 10.3 Å². The second-order valence-electron chi connectivity index (χ2n) is 6.48. The maximum atomic E-state index is 12.8. The van der Waals surface area contributed by atoms with Crippen LogP contribution in [0, 0.1) is 0 Å². The van der Waals surface area contributed by atoms with Gasteiger partial charge < -0.3 is 19.7 Å². The summed E-state index contributed by atoms with van der Waals surface area (Å²) in [5, 5.41) is 2.64. The minimum atomic E-state index is -4.54. The van der Waals surface area contributed by atoms with Crippen LogP contribution in [0.3, 0.4) is 0 Å². The number of aromatic nitrogens is 1. The average molecular weight is 426 g/mol. The van der Waals surface area contributed by atoms with Crippen molar-refractivity contribution in [1.82, 2.24) is 10.3 Å². The third kappa shape index (κ3) is 3.95. The number of nitrogens with one attached hydrogen (secondary N) is 1. The molecule has 2 aliphatic rings. The number of benzene rings is 1. The van der Waals surface area contributed by atoms with Crippen LogP contribution in [-0.2, 0) is 17.5 Å². The van der Waals surface area contributed by atoms with Crippen molar-refractivity contribution in [1.29, 1.82) is 0 Å². The quantitative estimate of drug-likeness (QED) is 0.805. The minimum Gasteiger partial charge on any atom is -0.454 e. The Morgan fingerprint density at radius 3 is 2.83 bits per heavy atom. The number of rotatable bonds is 4. The van der Waals surface area contributed by atoms with Gasteiger partial charge in [0.25, 0.3) is 0 Å². The van der Waals surface area contributed by atoms with Crippen molar-refractivity contribution in [2.24, 2.45) is 0 Å². The molecule has 3 heterocycles. The Balaban J connectivity index is 1.45. The number of amides is 1. The Labute approximate surface area is 168 Å². The molecule has 0 radical (unpaired) electrons. The summed E-state index contributed by atoms with van der Waals surface area (Å²) < 4.78 is 49.0. The van der Waals surface area contributed by atoms with Gasteiger partial charge in [-0.25, -0.2) is 4.98 Å². The summed E-state index contributed by atoms with van der Waals surface area (Å²) >= 11 is 6.02. The first-order valence-corrected chi connectivity index (χ1v) is 9.05. The predicted molar refractivity (Wildman–Crippen MR) is 98.7 cm³/mol. The van der Waals surface area contributed by atoms with E-state index in [-0.39, 0.29) is 30.1 Å². The molecule has 0 spiro atoms. The molecule has 152 valence electrons. The van der Waals surface area contributed by atoms with Crippen LogP contribution in [0.1, 0.15) is 17.5 Å². The van der Waals surface area contributed by atoms with Gasteiger partial charge in [0.1, 0.15) is 6.04 Å². The molecule has 1 atom stereocenters. The number of carbonyl (C=O) groups is 1. The van der Waals surface area contributed by atoms with E-state index in [9.17, 15) is 18.0 Å². The third-order valence-corrected chi connectivity index (χ3v) is 4.84. The number of halogens is 4. The Morgan fingerprint density at radius 2 is 2.07 bits per heavy atom. The highest BCUT2D eigenvalue weighted by molar-refractivity contribution is 6.33. The number of carbonyl (C=O) groups excluding carboxylic acids is 1. The van der Waals surface area contributed by atoms with E-state index in [0.29, 0.717) is 24.1 Å². The Morgan fingerprint density at radius 1 is 1.28 bits per heavy atom. The molecule has 0 fully saturated rings. The standard InChI is InChI=1S/C19H15ClF3N3O3/c20-13-7-12(19(21,22)23)9-24-17(13)26-5-1-2-14(26)18(27)25-8-11-3-4-15-16(6-11)29-10-28-15/h1,3-7,9,14H,2,8,10H2,(H,25,27). The van der Waals surface area contributed by atoms with Crippen LogP contribution >= 0.6 is 11.6 Å². The first-order valence-electron chi connectivity index (χ1n) is 8.67. The van der Waals surface area contributed by atoms with Crippen molar-refractivity contribution >= 4 is 23.3 Å². The molecule has 0 saturated carbocycles. The first kappa shape index (κ1) is 19.4. The molecular weight excluding hydrogens is 411 g/mol. The molecule has 2 aliphatic heterocycles. The molecule has 0 aliphatic carbocycles. The normalized spacial score (nSPS) is 17.7. The van der Waals surface area contributed by atoms with Crippen molar-refractivity contribution < 1.29 is 27.4 Å². The number of pyridine rings is 1. The molecule has 1 unspecified atom stereocenters. The summed E-state index contributed by atoms with van der Waals surface area (Å²) in [6.07, 6.45) is -0.134. The van der Waals surface area contributed by atoms with E-state index >= 15 is 0 Å². The van der Waals surface area contributed by atoms with Gasteiger partial charge in [-0.1, -0.05) is 23.7 Å². The van der Waals surface area contributed by atoms with Crippen LogP contribution in [0.5, 0.6) is 11.5 Å². The van der Waals surface area contributed by atoms with Crippen LogP contribution in [0.15, 0.2) is 42.7 Å². The lowest BCUT2D eigenvalue weighted by Crippen LogP contribution is -2.42. The summed E-state index contributed by atoms with van der Waals surface area (Å²) in [6, 6.07) is 5.50. The molecule has 1 aromatic heterocycles. The average Bonchev–Trinajstić information content (AvgIpc) is 3.34. The zero-order valence-electron chi connectivity index (χ0n) is 14.9. The van der Waals surface area contributed by atoms with Gasteiger partial charge in [-0.3, -0.25) is 4.79 Å². The first-order chi connectivity index (χ1) is 13.8. The largest absolute Gasteiger partial charge is 0.454 e. The van der Waals surface area contributed by atoms with E-state index in [4.69, 9.17) is 21.1 Å². The Bertz CT molecular complexity index is 981. The topological polar surface area (TPSA) is 63.7 Å². The zero-order valence-corrected chi connectivity index (χ0v) is 15.6. The van der Waals surface area contributed by atoms with E-state index in [1.165, 1.54) is 4.90 Å². The van der Waals surface area contributed by atoms with E-state index < -0.39 is 17.8 Å². The van der Waals surface area contributed by atoms with Gasteiger partial charge >= 0.3 is 6.18 Å².